The van der Waals surface area contributed by atoms with Crippen molar-refractivity contribution in [1.29, 1.82) is 0 Å². The predicted octanol–water partition coefficient (Wildman–Crippen LogP) is 2.94. The van der Waals surface area contributed by atoms with Gasteiger partial charge in [0, 0.05) is 36.8 Å². The number of carbonyl (C=O) groups is 1. The van der Waals surface area contributed by atoms with Gasteiger partial charge in [-0.1, -0.05) is 22.8 Å². The molecule has 1 fully saturated rings. The molecule has 7 nitrogen and oxygen atoms in total. The highest BCUT2D eigenvalue weighted by atomic mass is 35.5. The summed E-state index contributed by atoms with van der Waals surface area (Å²) in [7, 11) is 0. The summed E-state index contributed by atoms with van der Waals surface area (Å²) >= 11 is 6.00. The van der Waals surface area contributed by atoms with E-state index in [4.69, 9.17) is 20.5 Å². The molecule has 8 heteroatoms. The molecule has 3 aromatic rings. The number of nitrogens with zero attached hydrogens (tertiary/aromatic N) is 4. The molecule has 0 bridgehead atoms. The summed E-state index contributed by atoms with van der Waals surface area (Å²) in [6, 6.07) is 10.7. The normalized spacial score (nSPS) is 15.3. The Kier molecular flexibility index (Phi) is 4.73. The number of amides is 1. The van der Waals surface area contributed by atoms with E-state index in [1.807, 2.05) is 12.1 Å². The first-order valence-electron chi connectivity index (χ1n) is 8.33. The molecule has 0 N–H and O–H groups in total. The second-order valence-electron chi connectivity index (χ2n) is 6.07. The minimum atomic E-state index is -0.0718. The zero-order chi connectivity index (χ0) is 17.9. The minimum Gasteiger partial charge on any atom is -0.459 e. The van der Waals surface area contributed by atoms with Crippen LogP contribution >= 0.6 is 11.6 Å². The number of carbonyl (C=O) groups excluding carboxylic acids is 1. The van der Waals surface area contributed by atoms with Gasteiger partial charge >= 0.3 is 0 Å². The van der Waals surface area contributed by atoms with Gasteiger partial charge in [-0.05, 0) is 30.3 Å². The molecule has 0 unspecified atom stereocenters. The van der Waals surface area contributed by atoms with E-state index in [0.717, 1.165) is 18.7 Å². The first-order valence-corrected chi connectivity index (χ1v) is 8.70. The number of piperazine rings is 1. The highest BCUT2D eigenvalue weighted by Crippen LogP contribution is 2.21. The van der Waals surface area contributed by atoms with E-state index in [-0.39, 0.29) is 5.91 Å². The zero-order valence-electron chi connectivity index (χ0n) is 14.0. The van der Waals surface area contributed by atoms with Gasteiger partial charge in [-0.2, -0.15) is 4.98 Å². The molecule has 0 atom stereocenters. The van der Waals surface area contributed by atoms with Gasteiger partial charge in [-0.25, -0.2) is 0 Å². The van der Waals surface area contributed by atoms with Crippen LogP contribution in [-0.2, 0) is 6.54 Å². The van der Waals surface area contributed by atoms with Crippen LogP contribution in [0.4, 0.5) is 0 Å². The lowest BCUT2D eigenvalue weighted by Gasteiger charge is -2.33. The molecule has 0 aliphatic carbocycles. The van der Waals surface area contributed by atoms with Crippen LogP contribution in [0.3, 0.4) is 0 Å². The Labute approximate surface area is 155 Å². The van der Waals surface area contributed by atoms with Gasteiger partial charge in [0.05, 0.1) is 12.8 Å². The third-order valence-electron chi connectivity index (χ3n) is 4.30. The third-order valence-corrected chi connectivity index (χ3v) is 4.53. The van der Waals surface area contributed by atoms with Crippen LogP contribution in [0, 0.1) is 0 Å². The molecule has 0 saturated carbocycles. The van der Waals surface area contributed by atoms with Crippen LogP contribution in [0.2, 0.25) is 5.02 Å². The Bertz CT molecular complexity index is 885. The van der Waals surface area contributed by atoms with Gasteiger partial charge in [-0.15, -0.1) is 0 Å². The minimum absolute atomic E-state index is 0.0718. The molecule has 26 heavy (non-hydrogen) atoms. The zero-order valence-corrected chi connectivity index (χ0v) is 14.7. The second-order valence-corrected chi connectivity index (χ2v) is 6.51. The van der Waals surface area contributed by atoms with E-state index in [1.165, 1.54) is 6.26 Å². The van der Waals surface area contributed by atoms with Crippen LogP contribution in [0.15, 0.2) is 51.6 Å². The lowest BCUT2D eigenvalue weighted by atomic mass is 10.2. The van der Waals surface area contributed by atoms with Crippen molar-refractivity contribution in [2.24, 2.45) is 0 Å². The molecular formula is C18H17ClN4O3. The van der Waals surface area contributed by atoms with Crippen LogP contribution in [0.1, 0.15) is 16.4 Å². The second kappa shape index (κ2) is 7.31. The number of furan rings is 1. The Morgan fingerprint density at radius 2 is 2.00 bits per heavy atom. The third kappa shape index (κ3) is 3.63. The van der Waals surface area contributed by atoms with Gasteiger partial charge in [-0.3, -0.25) is 9.69 Å². The summed E-state index contributed by atoms with van der Waals surface area (Å²) in [5.74, 6) is 1.38. The van der Waals surface area contributed by atoms with Crippen molar-refractivity contribution in [3.63, 3.8) is 0 Å². The Hall–Kier alpha value is -2.64. The Morgan fingerprint density at radius 1 is 1.15 bits per heavy atom. The monoisotopic (exact) mass is 372 g/mol. The van der Waals surface area contributed by atoms with Crippen molar-refractivity contribution in [2.75, 3.05) is 26.2 Å². The fourth-order valence-electron chi connectivity index (χ4n) is 2.92. The van der Waals surface area contributed by atoms with Crippen molar-refractivity contribution in [3.05, 3.63) is 59.3 Å². The number of hydrogen-bond acceptors (Lipinski definition) is 6. The molecule has 1 aromatic carbocycles. The molecule has 1 saturated heterocycles. The highest BCUT2D eigenvalue weighted by Gasteiger charge is 2.24. The molecule has 1 amide bonds. The summed E-state index contributed by atoms with van der Waals surface area (Å²) in [4.78, 5) is 20.7. The summed E-state index contributed by atoms with van der Waals surface area (Å²) in [6.07, 6.45) is 1.51. The van der Waals surface area contributed by atoms with Crippen LogP contribution in [0.25, 0.3) is 11.5 Å². The first-order chi connectivity index (χ1) is 12.7. The van der Waals surface area contributed by atoms with Gasteiger partial charge < -0.3 is 13.8 Å². The lowest BCUT2D eigenvalue weighted by Crippen LogP contribution is -2.48. The first kappa shape index (κ1) is 16.8. The van der Waals surface area contributed by atoms with Crippen molar-refractivity contribution >= 4 is 17.5 Å². The average Bonchev–Trinajstić information content (AvgIpc) is 3.34. The van der Waals surface area contributed by atoms with Crippen LogP contribution < -0.4 is 0 Å². The SMILES string of the molecule is O=C(c1ccco1)N1CCN(Cc2noc(-c3cccc(Cl)c3)n2)CC1. The van der Waals surface area contributed by atoms with E-state index >= 15 is 0 Å². The van der Waals surface area contributed by atoms with Crippen LogP contribution in [0.5, 0.6) is 0 Å². The van der Waals surface area contributed by atoms with Gasteiger partial charge in [0.1, 0.15) is 0 Å². The Balaban J connectivity index is 1.34. The maximum Gasteiger partial charge on any atom is 0.289 e. The number of aromatic nitrogens is 2. The standard InChI is InChI=1S/C18H17ClN4O3/c19-14-4-1-3-13(11-14)17-20-16(21-26-17)12-22-6-8-23(9-7-22)18(24)15-5-2-10-25-15/h1-5,10-11H,6-9,12H2. The molecule has 0 radical (unpaired) electrons. The van der Waals surface area contributed by atoms with Crippen molar-refractivity contribution in [2.45, 2.75) is 6.54 Å². The number of rotatable bonds is 4. The fourth-order valence-corrected chi connectivity index (χ4v) is 3.11. The quantitative estimate of drug-likeness (QED) is 0.701. The lowest BCUT2D eigenvalue weighted by molar-refractivity contribution is 0.0594. The molecule has 0 spiro atoms. The summed E-state index contributed by atoms with van der Waals surface area (Å²) < 4.78 is 10.5. The van der Waals surface area contributed by atoms with E-state index < -0.39 is 0 Å². The molecule has 1 aliphatic rings. The van der Waals surface area contributed by atoms with Gasteiger partial charge in [0.15, 0.2) is 11.6 Å². The Morgan fingerprint density at radius 3 is 2.73 bits per heavy atom. The van der Waals surface area contributed by atoms with E-state index in [1.54, 1.807) is 29.2 Å². The topological polar surface area (TPSA) is 75.6 Å². The molecule has 134 valence electrons. The van der Waals surface area contributed by atoms with E-state index in [2.05, 4.69) is 15.0 Å². The van der Waals surface area contributed by atoms with Crippen molar-refractivity contribution in [3.8, 4) is 11.5 Å². The fraction of sp³-hybridized carbons (Fsp3) is 0.278. The molecule has 3 heterocycles. The van der Waals surface area contributed by atoms with Gasteiger partial charge in [0.25, 0.3) is 11.8 Å². The molecule has 1 aliphatic heterocycles. The van der Waals surface area contributed by atoms with Crippen molar-refractivity contribution < 1.29 is 13.7 Å². The average molecular weight is 373 g/mol. The largest absolute Gasteiger partial charge is 0.459 e. The van der Waals surface area contributed by atoms with E-state index in [9.17, 15) is 4.79 Å². The van der Waals surface area contributed by atoms with Gasteiger partial charge in [0.2, 0.25) is 0 Å². The predicted molar refractivity (Wildman–Crippen MR) is 94.6 cm³/mol. The molecule has 4 rings (SSSR count). The number of halogens is 1. The number of benzene rings is 1. The maximum atomic E-state index is 12.3. The highest BCUT2D eigenvalue weighted by molar-refractivity contribution is 6.30. The summed E-state index contributed by atoms with van der Waals surface area (Å²) in [6.45, 7) is 3.34. The molecular weight excluding hydrogens is 356 g/mol. The smallest absolute Gasteiger partial charge is 0.289 e. The molecule has 2 aromatic heterocycles. The number of hydrogen-bond donors (Lipinski definition) is 0. The van der Waals surface area contributed by atoms with E-state index in [0.29, 0.717) is 42.1 Å². The van der Waals surface area contributed by atoms with Crippen molar-refractivity contribution in [1.82, 2.24) is 19.9 Å². The maximum absolute atomic E-state index is 12.3. The summed E-state index contributed by atoms with van der Waals surface area (Å²) in [5, 5.41) is 4.67. The summed E-state index contributed by atoms with van der Waals surface area (Å²) in [5.41, 5.74) is 0.796. The van der Waals surface area contributed by atoms with Crippen LogP contribution in [-0.4, -0.2) is 52.0 Å².